The van der Waals surface area contributed by atoms with Crippen molar-refractivity contribution < 1.29 is 17.9 Å². The van der Waals surface area contributed by atoms with Gasteiger partial charge in [-0.15, -0.1) is 0 Å². The third kappa shape index (κ3) is 4.86. The van der Waals surface area contributed by atoms with E-state index in [2.05, 4.69) is 15.3 Å². The Bertz CT molecular complexity index is 506. The van der Waals surface area contributed by atoms with Crippen molar-refractivity contribution in [2.45, 2.75) is 44.4 Å². The van der Waals surface area contributed by atoms with Crippen molar-refractivity contribution in [2.24, 2.45) is 5.92 Å². The van der Waals surface area contributed by atoms with Crippen LogP contribution in [0.25, 0.3) is 0 Å². The standard InChI is InChI=1S/C16H25F3N4O/c17-16(18,19)13-1-3-14(4-2-13)21-15-11-20-23(12-15)6-5-22-7-9-24-10-8-22/h11-14,21H,1-10H2. The molecule has 3 rings (SSSR count). The van der Waals surface area contributed by atoms with Crippen LogP contribution in [-0.4, -0.2) is 59.7 Å². The molecule has 136 valence electrons. The van der Waals surface area contributed by atoms with Crippen molar-refractivity contribution in [2.75, 3.05) is 38.2 Å². The summed E-state index contributed by atoms with van der Waals surface area (Å²) in [6.45, 7) is 5.21. The number of hydrogen-bond acceptors (Lipinski definition) is 4. The molecule has 24 heavy (non-hydrogen) atoms. The average molecular weight is 346 g/mol. The van der Waals surface area contributed by atoms with Crippen LogP contribution in [0, 0.1) is 5.92 Å². The van der Waals surface area contributed by atoms with Gasteiger partial charge < -0.3 is 10.1 Å². The Kier molecular flexibility index (Phi) is 5.65. The Balaban J connectivity index is 1.41. The number of aromatic nitrogens is 2. The van der Waals surface area contributed by atoms with Crippen LogP contribution in [-0.2, 0) is 11.3 Å². The number of morpholine rings is 1. The van der Waals surface area contributed by atoms with Crippen LogP contribution >= 0.6 is 0 Å². The molecular weight excluding hydrogens is 321 g/mol. The van der Waals surface area contributed by atoms with Crippen molar-refractivity contribution in [3.63, 3.8) is 0 Å². The summed E-state index contributed by atoms with van der Waals surface area (Å²) >= 11 is 0. The summed E-state index contributed by atoms with van der Waals surface area (Å²) in [6, 6.07) is 0.112. The van der Waals surface area contributed by atoms with Crippen LogP contribution in [0.3, 0.4) is 0 Å². The van der Waals surface area contributed by atoms with Crippen LogP contribution in [0.2, 0.25) is 0 Å². The largest absolute Gasteiger partial charge is 0.391 e. The third-order valence-electron chi connectivity index (χ3n) is 4.94. The molecule has 2 fully saturated rings. The van der Waals surface area contributed by atoms with Gasteiger partial charge >= 0.3 is 6.18 Å². The van der Waals surface area contributed by atoms with Crippen LogP contribution < -0.4 is 5.32 Å². The zero-order chi connectivity index (χ0) is 17.0. The van der Waals surface area contributed by atoms with Crippen LogP contribution in [0.5, 0.6) is 0 Å². The van der Waals surface area contributed by atoms with E-state index in [0.29, 0.717) is 12.8 Å². The summed E-state index contributed by atoms with van der Waals surface area (Å²) < 4.78 is 45.3. The van der Waals surface area contributed by atoms with E-state index in [9.17, 15) is 13.2 Å². The lowest BCUT2D eigenvalue weighted by molar-refractivity contribution is -0.182. The highest BCUT2D eigenvalue weighted by Crippen LogP contribution is 2.38. The van der Waals surface area contributed by atoms with Gasteiger partial charge in [0.25, 0.3) is 0 Å². The number of rotatable bonds is 5. The molecule has 5 nitrogen and oxygen atoms in total. The molecule has 0 aromatic carbocycles. The lowest BCUT2D eigenvalue weighted by atomic mass is 9.85. The Morgan fingerprint density at radius 2 is 1.83 bits per heavy atom. The number of alkyl halides is 3. The topological polar surface area (TPSA) is 42.3 Å². The maximum Gasteiger partial charge on any atom is 0.391 e. The molecule has 0 atom stereocenters. The zero-order valence-electron chi connectivity index (χ0n) is 13.8. The van der Waals surface area contributed by atoms with Gasteiger partial charge in [0, 0.05) is 31.9 Å². The first-order chi connectivity index (χ1) is 11.5. The number of halogens is 3. The van der Waals surface area contributed by atoms with Crippen molar-refractivity contribution >= 4 is 5.69 Å². The molecule has 0 spiro atoms. The monoisotopic (exact) mass is 346 g/mol. The van der Waals surface area contributed by atoms with Gasteiger partial charge in [0.1, 0.15) is 0 Å². The summed E-state index contributed by atoms with van der Waals surface area (Å²) in [7, 11) is 0. The summed E-state index contributed by atoms with van der Waals surface area (Å²) in [5.41, 5.74) is 0.896. The molecule has 0 bridgehead atoms. The molecule has 0 amide bonds. The van der Waals surface area contributed by atoms with E-state index in [1.807, 2.05) is 10.9 Å². The van der Waals surface area contributed by atoms with Crippen molar-refractivity contribution in [1.82, 2.24) is 14.7 Å². The fourth-order valence-corrected chi connectivity index (χ4v) is 3.43. The number of anilines is 1. The predicted molar refractivity (Wildman–Crippen MR) is 84.9 cm³/mol. The second-order valence-electron chi connectivity index (χ2n) is 6.68. The lowest BCUT2D eigenvalue weighted by Gasteiger charge is -2.30. The Labute approximate surface area is 140 Å². The molecule has 1 saturated carbocycles. The molecular formula is C16H25F3N4O. The zero-order valence-corrected chi connectivity index (χ0v) is 13.8. The van der Waals surface area contributed by atoms with E-state index in [1.54, 1.807) is 6.20 Å². The Morgan fingerprint density at radius 3 is 2.50 bits per heavy atom. The predicted octanol–water partition coefficient (Wildman–Crippen LogP) is 2.75. The molecule has 0 unspecified atom stereocenters. The molecule has 1 aliphatic heterocycles. The number of nitrogens with zero attached hydrogens (tertiary/aromatic N) is 3. The van der Waals surface area contributed by atoms with E-state index in [-0.39, 0.29) is 18.9 Å². The molecule has 2 aliphatic rings. The highest BCUT2D eigenvalue weighted by molar-refractivity contribution is 5.39. The van der Waals surface area contributed by atoms with Crippen molar-refractivity contribution in [3.05, 3.63) is 12.4 Å². The SMILES string of the molecule is FC(F)(F)C1CCC(Nc2cnn(CCN3CCOCC3)c2)CC1. The van der Waals surface area contributed by atoms with Crippen LogP contribution in [0.4, 0.5) is 18.9 Å². The average Bonchev–Trinajstić information content (AvgIpc) is 3.01. The number of hydrogen-bond donors (Lipinski definition) is 1. The molecule has 1 N–H and O–H groups in total. The summed E-state index contributed by atoms with van der Waals surface area (Å²) in [5, 5.41) is 7.66. The minimum atomic E-state index is -4.05. The Morgan fingerprint density at radius 1 is 1.12 bits per heavy atom. The smallest absolute Gasteiger partial charge is 0.380 e. The van der Waals surface area contributed by atoms with Crippen molar-refractivity contribution in [1.29, 1.82) is 0 Å². The van der Waals surface area contributed by atoms with Gasteiger partial charge in [-0.3, -0.25) is 9.58 Å². The van der Waals surface area contributed by atoms with Gasteiger partial charge in [0.05, 0.1) is 37.6 Å². The van der Waals surface area contributed by atoms with Gasteiger partial charge in [-0.2, -0.15) is 18.3 Å². The molecule has 1 saturated heterocycles. The molecule has 1 aromatic rings. The maximum atomic E-state index is 12.7. The maximum absolute atomic E-state index is 12.7. The van der Waals surface area contributed by atoms with Crippen LogP contribution in [0.15, 0.2) is 12.4 Å². The molecule has 2 heterocycles. The van der Waals surface area contributed by atoms with E-state index in [0.717, 1.165) is 45.1 Å². The van der Waals surface area contributed by atoms with Gasteiger partial charge in [-0.05, 0) is 25.7 Å². The Hall–Kier alpha value is -1.28. The van der Waals surface area contributed by atoms with E-state index in [4.69, 9.17) is 4.74 Å². The van der Waals surface area contributed by atoms with Gasteiger partial charge in [0.15, 0.2) is 0 Å². The van der Waals surface area contributed by atoms with Crippen LogP contribution in [0.1, 0.15) is 25.7 Å². The minimum absolute atomic E-state index is 0.112. The third-order valence-corrected chi connectivity index (χ3v) is 4.94. The number of ether oxygens (including phenoxy) is 1. The first-order valence-electron chi connectivity index (χ1n) is 8.66. The highest BCUT2D eigenvalue weighted by Gasteiger charge is 2.41. The first kappa shape index (κ1) is 17.5. The molecule has 8 heteroatoms. The highest BCUT2D eigenvalue weighted by atomic mass is 19.4. The van der Waals surface area contributed by atoms with E-state index < -0.39 is 12.1 Å². The normalized spacial score (nSPS) is 26.5. The fraction of sp³-hybridized carbons (Fsp3) is 0.812. The van der Waals surface area contributed by atoms with Crippen molar-refractivity contribution in [3.8, 4) is 0 Å². The second kappa shape index (κ2) is 7.74. The van der Waals surface area contributed by atoms with E-state index in [1.165, 1.54) is 0 Å². The fourth-order valence-electron chi connectivity index (χ4n) is 3.43. The molecule has 0 radical (unpaired) electrons. The summed E-state index contributed by atoms with van der Waals surface area (Å²) in [6.07, 6.45) is 1.20. The number of nitrogens with one attached hydrogen (secondary N) is 1. The quantitative estimate of drug-likeness (QED) is 0.890. The second-order valence-corrected chi connectivity index (χ2v) is 6.68. The lowest BCUT2D eigenvalue weighted by Crippen LogP contribution is -2.38. The molecule has 1 aliphatic carbocycles. The van der Waals surface area contributed by atoms with Gasteiger partial charge in [-0.25, -0.2) is 0 Å². The molecule has 1 aromatic heterocycles. The van der Waals surface area contributed by atoms with Gasteiger partial charge in [-0.1, -0.05) is 0 Å². The van der Waals surface area contributed by atoms with Gasteiger partial charge in [0.2, 0.25) is 0 Å². The van der Waals surface area contributed by atoms with E-state index >= 15 is 0 Å². The minimum Gasteiger partial charge on any atom is -0.380 e. The summed E-state index contributed by atoms with van der Waals surface area (Å²) in [4.78, 5) is 2.34. The summed E-state index contributed by atoms with van der Waals surface area (Å²) in [5.74, 6) is -1.13. The first-order valence-corrected chi connectivity index (χ1v) is 8.66.